The molecule has 2 amide bonds. The van der Waals surface area contributed by atoms with Crippen LogP contribution in [0, 0.1) is 10.1 Å². The molecule has 0 spiro atoms. The lowest BCUT2D eigenvalue weighted by Crippen LogP contribution is -2.37. The van der Waals surface area contributed by atoms with Crippen LogP contribution in [0.1, 0.15) is 0 Å². The normalized spacial score (nSPS) is 13.6. The summed E-state index contributed by atoms with van der Waals surface area (Å²) in [6.45, 7) is 2.09. The van der Waals surface area contributed by atoms with Gasteiger partial charge >= 0.3 is 6.03 Å². The molecule has 188 valence electrons. The lowest BCUT2D eigenvalue weighted by Gasteiger charge is -2.30. The van der Waals surface area contributed by atoms with E-state index in [-0.39, 0.29) is 27.0 Å². The van der Waals surface area contributed by atoms with Gasteiger partial charge in [0, 0.05) is 30.9 Å². The van der Waals surface area contributed by atoms with Crippen LogP contribution in [0.3, 0.4) is 0 Å². The van der Waals surface area contributed by atoms with Gasteiger partial charge in [-0.15, -0.1) is 0 Å². The molecule has 0 saturated carbocycles. The summed E-state index contributed by atoms with van der Waals surface area (Å²) in [6, 6.07) is 15.6. The van der Waals surface area contributed by atoms with Crippen molar-refractivity contribution in [2.75, 3.05) is 46.6 Å². The van der Waals surface area contributed by atoms with Crippen LogP contribution in [-0.4, -0.2) is 45.7 Å². The third-order valence-corrected chi connectivity index (χ3v) is 7.03. The second kappa shape index (κ2) is 10.8. The number of ether oxygens (including phenoxy) is 1. The van der Waals surface area contributed by atoms with E-state index in [0.29, 0.717) is 37.7 Å². The maximum atomic E-state index is 13.1. The van der Waals surface area contributed by atoms with Crippen LogP contribution in [0.15, 0.2) is 71.6 Å². The van der Waals surface area contributed by atoms with E-state index in [2.05, 4.69) is 15.4 Å². The van der Waals surface area contributed by atoms with E-state index >= 15 is 0 Å². The van der Waals surface area contributed by atoms with Crippen LogP contribution in [0.25, 0.3) is 0 Å². The fourth-order valence-corrected chi connectivity index (χ4v) is 4.91. The Kier molecular flexibility index (Phi) is 7.58. The quantitative estimate of drug-likeness (QED) is 0.300. The number of sulfonamides is 1. The number of carbonyl (C=O) groups is 1. The highest BCUT2D eigenvalue weighted by Gasteiger charge is 2.22. The number of benzene rings is 3. The Hall–Kier alpha value is -3.87. The number of nitro benzene ring substituents is 1. The van der Waals surface area contributed by atoms with Gasteiger partial charge in [0.05, 0.1) is 45.1 Å². The monoisotopic (exact) mass is 531 g/mol. The van der Waals surface area contributed by atoms with Crippen molar-refractivity contribution in [1.29, 1.82) is 0 Å². The summed E-state index contributed by atoms with van der Waals surface area (Å²) in [6.07, 6.45) is 0. The largest absolute Gasteiger partial charge is 0.378 e. The van der Waals surface area contributed by atoms with E-state index in [1.165, 1.54) is 36.4 Å². The minimum Gasteiger partial charge on any atom is -0.378 e. The lowest BCUT2D eigenvalue weighted by atomic mass is 10.2. The topological polar surface area (TPSA) is 143 Å². The summed E-state index contributed by atoms with van der Waals surface area (Å²) in [7, 11) is -4.03. The fourth-order valence-electron chi connectivity index (χ4n) is 3.56. The van der Waals surface area contributed by atoms with E-state index in [9.17, 15) is 23.3 Å². The number of nitrogens with one attached hydrogen (secondary N) is 3. The Morgan fingerprint density at radius 2 is 1.67 bits per heavy atom. The number of anilines is 4. The molecular formula is C23H22ClN5O6S. The number of urea groups is 1. The third-order valence-electron chi connectivity index (χ3n) is 5.33. The zero-order valence-corrected chi connectivity index (χ0v) is 20.4. The average Bonchev–Trinajstić information content (AvgIpc) is 2.86. The van der Waals surface area contributed by atoms with Crippen LogP contribution in [0.2, 0.25) is 5.02 Å². The number of rotatable bonds is 7. The first-order valence-corrected chi connectivity index (χ1v) is 12.7. The van der Waals surface area contributed by atoms with Gasteiger partial charge in [0.2, 0.25) is 0 Å². The Labute approximate surface area is 212 Å². The van der Waals surface area contributed by atoms with Gasteiger partial charge in [0.25, 0.3) is 15.7 Å². The zero-order valence-electron chi connectivity index (χ0n) is 18.8. The van der Waals surface area contributed by atoms with Crippen molar-refractivity contribution in [3.05, 3.63) is 81.9 Å². The molecule has 3 aromatic rings. The Morgan fingerprint density at radius 3 is 2.33 bits per heavy atom. The van der Waals surface area contributed by atoms with Crippen molar-refractivity contribution in [2.45, 2.75) is 4.90 Å². The first kappa shape index (κ1) is 25.2. The Bertz CT molecular complexity index is 1380. The predicted octanol–water partition coefficient (Wildman–Crippen LogP) is 4.53. The first-order chi connectivity index (χ1) is 17.2. The zero-order chi connectivity index (χ0) is 25.7. The van der Waals surface area contributed by atoms with Gasteiger partial charge in [-0.3, -0.25) is 14.8 Å². The molecule has 1 aliphatic heterocycles. The Balaban J connectivity index is 1.60. The van der Waals surface area contributed by atoms with Gasteiger partial charge in [-0.1, -0.05) is 23.7 Å². The van der Waals surface area contributed by atoms with Gasteiger partial charge in [-0.2, -0.15) is 0 Å². The SMILES string of the molecule is O=C(Nc1ccc([N+](=O)[O-])cc1)Nc1cc(S(=O)(=O)Nc2ccccc2Cl)ccc1N1CCOCC1. The number of morpholine rings is 1. The van der Waals surface area contributed by atoms with Gasteiger partial charge in [-0.25, -0.2) is 13.2 Å². The first-order valence-electron chi connectivity index (χ1n) is 10.8. The molecule has 1 fully saturated rings. The molecule has 3 aromatic carbocycles. The molecule has 0 radical (unpaired) electrons. The number of nitro groups is 1. The van der Waals surface area contributed by atoms with Gasteiger partial charge < -0.3 is 20.3 Å². The standard InChI is InChI=1S/C23H22ClN5O6S/c24-19-3-1-2-4-20(19)27-36(33,34)18-9-10-22(28-11-13-35-14-12-28)21(15-18)26-23(30)25-16-5-7-17(8-6-16)29(31)32/h1-10,15,27H,11-14H2,(H2,25,26,30). The minimum atomic E-state index is -4.03. The highest BCUT2D eigenvalue weighted by atomic mass is 35.5. The number of halogens is 1. The summed E-state index contributed by atoms with van der Waals surface area (Å²) in [5, 5.41) is 16.4. The molecule has 4 rings (SSSR count). The third kappa shape index (κ3) is 6.03. The number of carbonyl (C=O) groups excluding carboxylic acids is 1. The summed E-state index contributed by atoms with van der Waals surface area (Å²) in [5.74, 6) is 0. The number of para-hydroxylation sites is 1. The van der Waals surface area contributed by atoms with E-state index in [1.54, 1.807) is 30.3 Å². The highest BCUT2D eigenvalue weighted by Crippen LogP contribution is 2.31. The van der Waals surface area contributed by atoms with Crippen LogP contribution < -0.4 is 20.3 Å². The maximum absolute atomic E-state index is 13.1. The van der Waals surface area contributed by atoms with Crippen molar-refractivity contribution in [2.24, 2.45) is 0 Å². The van der Waals surface area contributed by atoms with Crippen molar-refractivity contribution in [1.82, 2.24) is 0 Å². The van der Waals surface area contributed by atoms with Crippen molar-refractivity contribution < 1.29 is 22.9 Å². The molecule has 13 heteroatoms. The molecule has 1 aliphatic rings. The molecule has 0 unspecified atom stereocenters. The number of nitrogens with zero attached hydrogens (tertiary/aromatic N) is 2. The van der Waals surface area contributed by atoms with Gasteiger partial charge in [-0.05, 0) is 42.5 Å². The van der Waals surface area contributed by atoms with E-state index in [4.69, 9.17) is 16.3 Å². The van der Waals surface area contributed by atoms with Crippen molar-refractivity contribution >= 4 is 56.1 Å². The van der Waals surface area contributed by atoms with Crippen LogP contribution in [-0.2, 0) is 14.8 Å². The smallest absolute Gasteiger partial charge is 0.323 e. The second-order valence-corrected chi connectivity index (χ2v) is 9.84. The fraction of sp³-hybridized carbons (Fsp3) is 0.174. The molecule has 11 nitrogen and oxygen atoms in total. The molecule has 0 aromatic heterocycles. The van der Waals surface area contributed by atoms with E-state index in [1.807, 2.05) is 4.90 Å². The molecule has 0 bridgehead atoms. The highest BCUT2D eigenvalue weighted by molar-refractivity contribution is 7.92. The van der Waals surface area contributed by atoms with E-state index < -0.39 is 21.0 Å². The average molecular weight is 532 g/mol. The van der Waals surface area contributed by atoms with Gasteiger partial charge in [0.1, 0.15) is 0 Å². The van der Waals surface area contributed by atoms with Crippen LogP contribution in [0.4, 0.5) is 33.2 Å². The van der Waals surface area contributed by atoms with Crippen LogP contribution in [0.5, 0.6) is 0 Å². The lowest BCUT2D eigenvalue weighted by molar-refractivity contribution is -0.384. The molecule has 1 saturated heterocycles. The number of non-ortho nitro benzene ring substituents is 1. The second-order valence-electron chi connectivity index (χ2n) is 7.75. The molecule has 0 atom stereocenters. The molecule has 1 heterocycles. The Morgan fingerprint density at radius 1 is 0.972 bits per heavy atom. The minimum absolute atomic E-state index is 0.0786. The summed E-state index contributed by atoms with van der Waals surface area (Å²) in [4.78, 5) is 24.9. The molecular weight excluding hydrogens is 510 g/mol. The van der Waals surface area contributed by atoms with Crippen molar-refractivity contribution in [3.63, 3.8) is 0 Å². The molecule has 3 N–H and O–H groups in total. The number of hydrogen-bond donors (Lipinski definition) is 3. The number of hydrogen-bond acceptors (Lipinski definition) is 7. The summed E-state index contributed by atoms with van der Waals surface area (Å²) >= 11 is 6.10. The summed E-state index contributed by atoms with van der Waals surface area (Å²) in [5.41, 5.74) is 1.32. The molecule has 0 aliphatic carbocycles. The van der Waals surface area contributed by atoms with E-state index in [0.717, 1.165) is 0 Å². The summed E-state index contributed by atoms with van der Waals surface area (Å²) < 4.78 is 34.0. The van der Waals surface area contributed by atoms with Crippen molar-refractivity contribution in [3.8, 4) is 0 Å². The van der Waals surface area contributed by atoms with Crippen LogP contribution >= 0.6 is 11.6 Å². The maximum Gasteiger partial charge on any atom is 0.323 e. The molecule has 36 heavy (non-hydrogen) atoms. The number of amides is 2. The van der Waals surface area contributed by atoms with Gasteiger partial charge in [0.15, 0.2) is 0 Å². The predicted molar refractivity (Wildman–Crippen MR) is 137 cm³/mol.